The fourth-order valence-electron chi connectivity index (χ4n) is 2.03. The molecule has 10 heteroatoms. The predicted molar refractivity (Wildman–Crippen MR) is 82.8 cm³/mol. The van der Waals surface area contributed by atoms with Gasteiger partial charge in [-0.25, -0.2) is 9.48 Å². The molecule has 1 saturated heterocycles. The summed E-state index contributed by atoms with van der Waals surface area (Å²) in [5.74, 6) is -0.344. The number of aromatic carboxylic acids is 1. The zero-order valence-corrected chi connectivity index (χ0v) is 13.7. The smallest absolute Gasteiger partial charge is 0.358 e. The summed E-state index contributed by atoms with van der Waals surface area (Å²) in [6, 6.07) is -0.506. The quantitative estimate of drug-likeness (QED) is 0.726. The number of nitrogens with one attached hydrogen (secondary N) is 1. The molecule has 0 aliphatic carbocycles. The van der Waals surface area contributed by atoms with Crippen molar-refractivity contribution in [3.05, 3.63) is 11.9 Å². The molecule has 1 aliphatic heterocycles. The minimum atomic E-state index is -1.20. The van der Waals surface area contributed by atoms with E-state index >= 15 is 0 Å². The van der Waals surface area contributed by atoms with Crippen molar-refractivity contribution in [3.63, 3.8) is 0 Å². The van der Waals surface area contributed by atoms with Crippen LogP contribution in [0.2, 0.25) is 0 Å². The largest absolute Gasteiger partial charge is 0.476 e. The first-order valence-electron chi connectivity index (χ1n) is 7.17. The zero-order chi connectivity index (χ0) is 17.0. The topological polar surface area (TPSA) is 117 Å². The van der Waals surface area contributed by atoms with Gasteiger partial charge in [-0.2, -0.15) is 0 Å². The summed E-state index contributed by atoms with van der Waals surface area (Å²) in [5.41, 5.74) is -0.222. The number of thioether (sulfide) groups is 1. The van der Waals surface area contributed by atoms with Gasteiger partial charge in [0.2, 0.25) is 11.8 Å². The summed E-state index contributed by atoms with van der Waals surface area (Å²) in [5, 5.41) is 18.7. The number of carbonyl (C=O) groups excluding carboxylic acids is 2. The normalized spacial score (nSPS) is 17.5. The Hall–Kier alpha value is -2.10. The molecule has 23 heavy (non-hydrogen) atoms. The molecule has 0 bridgehead atoms. The molecule has 0 radical (unpaired) electrons. The molecule has 1 aromatic heterocycles. The Morgan fingerprint density at radius 2 is 2.22 bits per heavy atom. The molecule has 1 aromatic rings. The Morgan fingerprint density at radius 1 is 1.48 bits per heavy atom. The van der Waals surface area contributed by atoms with Crippen LogP contribution < -0.4 is 5.32 Å². The van der Waals surface area contributed by atoms with Crippen LogP contribution in [0.5, 0.6) is 0 Å². The maximum absolute atomic E-state index is 12.3. The molecule has 2 N–H and O–H groups in total. The van der Waals surface area contributed by atoms with Gasteiger partial charge in [-0.3, -0.25) is 9.59 Å². The van der Waals surface area contributed by atoms with E-state index in [2.05, 4.69) is 15.6 Å². The van der Waals surface area contributed by atoms with E-state index < -0.39 is 12.0 Å². The Bertz CT molecular complexity index is 603. The molecule has 1 atom stereocenters. The van der Waals surface area contributed by atoms with Crippen LogP contribution in [-0.2, 0) is 16.1 Å². The zero-order valence-electron chi connectivity index (χ0n) is 12.9. The molecule has 2 heterocycles. The molecule has 1 fully saturated rings. The first-order valence-corrected chi connectivity index (χ1v) is 8.32. The van der Waals surface area contributed by atoms with E-state index in [1.807, 2.05) is 13.8 Å². The van der Waals surface area contributed by atoms with E-state index in [1.165, 1.54) is 22.9 Å². The molecule has 2 rings (SSSR count). The highest BCUT2D eigenvalue weighted by Gasteiger charge is 2.34. The highest BCUT2D eigenvalue weighted by molar-refractivity contribution is 7.99. The number of hydrogen-bond acceptors (Lipinski definition) is 6. The third-order valence-electron chi connectivity index (χ3n) is 3.24. The molecule has 1 unspecified atom stereocenters. The maximum Gasteiger partial charge on any atom is 0.358 e. The van der Waals surface area contributed by atoms with Gasteiger partial charge in [0.1, 0.15) is 12.6 Å². The van der Waals surface area contributed by atoms with Crippen LogP contribution in [0.15, 0.2) is 6.20 Å². The summed E-state index contributed by atoms with van der Waals surface area (Å²) < 4.78 is 1.16. The monoisotopic (exact) mass is 341 g/mol. The molecule has 0 saturated carbocycles. The molecule has 126 valence electrons. The lowest BCUT2D eigenvalue weighted by Crippen LogP contribution is -2.48. The number of nitrogens with zero attached hydrogens (tertiary/aromatic N) is 4. The fourth-order valence-corrected chi connectivity index (χ4v) is 3.21. The molecule has 0 spiro atoms. The predicted octanol–water partition coefficient (Wildman–Crippen LogP) is -0.350. The highest BCUT2D eigenvalue weighted by atomic mass is 32.2. The van der Waals surface area contributed by atoms with Gasteiger partial charge in [-0.15, -0.1) is 16.9 Å². The summed E-state index contributed by atoms with van der Waals surface area (Å²) in [7, 11) is 0. The number of amides is 2. The minimum Gasteiger partial charge on any atom is -0.476 e. The molecule has 9 nitrogen and oxygen atoms in total. The number of aromatic nitrogens is 3. The van der Waals surface area contributed by atoms with Crippen LogP contribution in [0.3, 0.4) is 0 Å². The summed E-state index contributed by atoms with van der Waals surface area (Å²) in [6.45, 7) is 4.41. The van der Waals surface area contributed by atoms with Crippen molar-refractivity contribution in [1.29, 1.82) is 0 Å². The standard InChI is InChI=1S/C13H19N5O4S/c1-8(2)3-14-12(20)10-6-23-7-18(10)11(19)5-17-4-9(13(21)22)15-16-17/h4,8,10H,3,5-7H2,1-2H3,(H,14,20)(H,21,22). The van der Waals surface area contributed by atoms with E-state index in [0.29, 0.717) is 24.1 Å². The Labute approximate surface area is 137 Å². The number of carboxylic acids is 1. The van der Waals surface area contributed by atoms with Crippen LogP contribution in [0.1, 0.15) is 24.3 Å². The van der Waals surface area contributed by atoms with Gasteiger partial charge in [0.15, 0.2) is 5.69 Å². The lowest BCUT2D eigenvalue weighted by Gasteiger charge is -2.23. The van der Waals surface area contributed by atoms with Crippen molar-refractivity contribution in [3.8, 4) is 0 Å². The number of rotatable bonds is 6. The summed E-state index contributed by atoms with van der Waals surface area (Å²) in [6.07, 6.45) is 1.19. The van der Waals surface area contributed by atoms with E-state index in [9.17, 15) is 14.4 Å². The van der Waals surface area contributed by atoms with E-state index in [-0.39, 0.29) is 24.1 Å². The van der Waals surface area contributed by atoms with Crippen molar-refractivity contribution in [2.75, 3.05) is 18.2 Å². The highest BCUT2D eigenvalue weighted by Crippen LogP contribution is 2.21. The van der Waals surface area contributed by atoms with Crippen LogP contribution in [-0.4, -0.2) is 67.0 Å². The van der Waals surface area contributed by atoms with Crippen LogP contribution in [0.25, 0.3) is 0 Å². The van der Waals surface area contributed by atoms with Crippen molar-refractivity contribution in [1.82, 2.24) is 25.2 Å². The Morgan fingerprint density at radius 3 is 2.83 bits per heavy atom. The van der Waals surface area contributed by atoms with Crippen LogP contribution >= 0.6 is 11.8 Å². The van der Waals surface area contributed by atoms with Crippen molar-refractivity contribution in [2.24, 2.45) is 5.92 Å². The second kappa shape index (κ2) is 7.44. The van der Waals surface area contributed by atoms with Gasteiger partial charge in [0.25, 0.3) is 0 Å². The van der Waals surface area contributed by atoms with Gasteiger partial charge < -0.3 is 15.3 Å². The lowest BCUT2D eigenvalue weighted by atomic mass is 10.2. The molecule has 0 aromatic carbocycles. The van der Waals surface area contributed by atoms with Crippen molar-refractivity contribution >= 4 is 29.5 Å². The number of carbonyl (C=O) groups is 3. The maximum atomic E-state index is 12.3. The molecular weight excluding hydrogens is 322 g/mol. The average molecular weight is 341 g/mol. The Kier molecular flexibility index (Phi) is 5.59. The second-order valence-corrected chi connectivity index (χ2v) is 6.62. The van der Waals surface area contributed by atoms with Gasteiger partial charge in [-0.05, 0) is 5.92 Å². The Balaban J connectivity index is 1.96. The van der Waals surface area contributed by atoms with Crippen LogP contribution in [0.4, 0.5) is 0 Å². The number of hydrogen-bond donors (Lipinski definition) is 2. The minimum absolute atomic E-state index is 0.144. The SMILES string of the molecule is CC(C)CNC(=O)C1CSCN1C(=O)Cn1cc(C(=O)O)nn1. The van der Waals surface area contributed by atoms with Crippen molar-refractivity contribution < 1.29 is 19.5 Å². The van der Waals surface area contributed by atoms with E-state index in [1.54, 1.807) is 0 Å². The van der Waals surface area contributed by atoms with Crippen LogP contribution in [0, 0.1) is 5.92 Å². The van der Waals surface area contributed by atoms with E-state index in [4.69, 9.17) is 5.11 Å². The molecule has 1 aliphatic rings. The fraction of sp³-hybridized carbons (Fsp3) is 0.615. The first-order chi connectivity index (χ1) is 10.9. The summed E-state index contributed by atoms with van der Waals surface area (Å²) in [4.78, 5) is 36.8. The molecular formula is C13H19N5O4S. The third kappa shape index (κ3) is 4.44. The van der Waals surface area contributed by atoms with Gasteiger partial charge in [0, 0.05) is 12.3 Å². The lowest BCUT2D eigenvalue weighted by molar-refractivity contribution is -0.138. The average Bonchev–Trinajstić information content (AvgIpc) is 3.13. The van der Waals surface area contributed by atoms with Crippen molar-refractivity contribution in [2.45, 2.75) is 26.4 Å². The molecule has 2 amide bonds. The number of carboxylic acid groups (broad SMARTS) is 1. The first kappa shape index (κ1) is 17.3. The second-order valence-electron chi connectivity index (χ2n) is 5.62. The van der Waals surface area contributed by atoms with Gasteiger partial charge in [-0.1, -0.05) is 19.1 Å². The van der Waals surface area contributed by atoms with E-state index in [0.717, 1.165) is 4.68 Å². The van der Waals surface area contributed by atoms with Gasteiger partial charge in [0.05, 0.1) is 12.1 Å². The third-order valence-corrected chi connectivity index (χ3v) is 4.26. The van der Waals surface area contributed by atoms with Gasteiger partial charge >= 0.3 is 5.97 Å². The summed E-state index contributed by atoms with van der Waals surface area (Å²) >= 11 is 1.51.